The Morgan fingerprint density at radius 1 is 1.43 bits per heavy atom. The average molecular weight is 311 g/mol. The topological polar surface area (TPSA) is 24.5 Å². The fourth-order valence-electron chi connectivity index (χ4n) is 3.33. The zero-order valence-electron chi connectivity index (χ0n) is 13.4. The lowest BCUT2D eigenvalue weighted by Gasteiger charge is -2.40. The summed E-state index contributed by atoms with van der Waals surface area (Å²) < 4.78 is 5.26. The van der Waals surface area contributed by atoms with Crippen LogP contribution in [0.1, 0.15) is 37.8 Å². The average Bonchev–Trinajstić information content (AvgIpc) is 2.47. The SMILES string of the molecule is CCCNCC1CCCN(C)C1c1ccc(OC)c(Cl)c1. The van der Waals surface area contributed by atoms with Crippen molar-refractivity contribution in [2.24, 2.45) is 5.92 Å². The molecule has 1 aliphatic heterocycles. The van der Waals surface area contributed by atoms with Crippen molar-refractivity contribution in [3.8, 4) is 5.75 Å². The van der Waals surface area contributed by atoms with Crippen molar-refractivity contribution in [3.05, 3.63) is 28.8 Å². The summed E-state index contributed by atoms with van der Waals surface area (Å²) in [6, 6.07) is 6.65. The molecule has 1 N–H and O–H groups in total. The summed E-state index contributed by atoms with van der Waals surface area (Å²) >= 11 is 6.31. The van der Waals surface area contributed by atoms with Crippen LogP contribution >= 0.6 is 11.6 Å². The third-order valence-corrected chi connectivity index (χ3v) is 4.65. The minimum absolute atomic E-state index is 0.437. The molecule has 1 aliphatic rings. The van der Waals surface area contributed by atoms with E-state index in [1.54, 1.807) is 7.11 Å². The molecule has 2 atom stereocenters. The van der Waals surface area contributed by atoms with E-state index in [4.69, 9.17) is 16.3 Å². The van der Waals surface area contributed by atoms with Gasteiger partial charge >= 0.3 is 0 Å². The van der Waals surface area contributed by atoms with Gasteiger partial charge in [-0.1, -0.05) is 24.6 Å². The van der Waals surface area contributed by atoms with E-state index in [1.807, 2.05) is 6.07 Å². The van der Waals surface area contributed by atoms with Crippen LogP contribution in [0, 0.1) is 5.92 Å². The Hall–Kier alpha value is -0.770. The van der Waals surface area contributed by atoms with Crippen LogP contribution in [0.4, 0.5) is 0 Å². The second-order valence-corrected chi connectivity index (χ2v) is 6.33. The van der Waals surface area contributed by atoms with Crippen LogP contribution in [0.2, 0.25) is 5.02 Å². The number of piperidine rings is 1. The van der Waals surface area contributed by atoms with Gasteiger partial charge in [-0.25, -0.2) is 0 Å². The number of hydrogen-bond acceptors (Lipinski definition) is 3. The Morgan fingerprint density at radius 3 is 2.90 bits per heavy atom. The number of methoxy groups -OCH3 is 1. The Morgan fingerprint density at radius 2 is 2.24 bits per heavy atom. The molecular weight excluding hydrogens is 284 g/mol. The molecule has 0 spiro atoms. The van der Waals surface area contributed by atoms with Crippen LogP contribution in [-0.4, -0.2) is 38.7 Å². The number of nitrogens with one attached hydrogen (secondary N) is 1. The highest BCUT2D eigenvalue weighted by Gasteiger charge is 2.30. The maximum atomic E-state index is 6.31. The van der Waals surface area contributed by atoms with Gasteiger partial charge in [0.1, 0.15) is 5.75 Å². The van der Waals surface area contributed by atoms with E-state index in [1.165, 1.54) is 24.8 Å². The fourth-order valence-corrected chi connectivity index (χ4v) is 3.60. The standard InChI is InChI=1S/C17H27ClN2O/c1-4-9-19-12-14-6-5-10-20(2)17(14)13-7-8-16(21-3)15(18)11-13/h7-8,11,14,17,19H,4-6,9-10,12H2,1-3H3. The highest BCUT2D eigenvalue weighted by Crippen LogP contribution is 2.37. The zero-order chi connectivity index (χ0) is 15.2. The van der Waals surface area contributed by atoms with E-state index in [2.05, 4.69) is 36.3 Å². The van der Waals surface area contributed by atoms with Gasteiger partial charge in [0.15, 0.2) is 0 Å². The molecule has 21 heavy (non-hydrogen) atoms. The van der Waals surface area contributed by atoms with Crippen LogP contribution in [0.5, 0.6) is 5.75 Å². The number of rotatable bonds is 6. The van der Waals surface area contributed by atoms with Crippen molar-refractivity contribution in [1.29, 1.82) is 0 Å². The van der Waals surface area contributed by atoms with Crippen LogP contribution in [0.25, 0.3) is 0 Å². The maximum Gasteiger partial charge on any atom is 0.137 e. The first-order chi connectivity index (χ1) is 10.2. The second kappa shape index (κ2) is 8.02. The molecule has 1 aromatic carbocycles. The van der Waals surface area contributed by atoms with Crippen molar-refractivity contribution in [2.45, 2.75) is 32.2 Å². The predicted octanol–water partition coefficient (Wildman–Crippen LogP) is 3.73. The van der Waals surface area contributed by atoms with Crippen LogP contribution < -0.4 is 10.1 Å². The molecule has 0 amide bonds. The Balaban J connectivity index is 2.16. The van der Waals surface area contributed by atoms with Crippen molar-refractivity contribution in [2.75, 3.05) is 33.8 Å². The largest absolute Gasteiger partial charge is 0.495 e. The molecule has 0 bridgehead atoms. The second-order valence-electron chi connectivity index (χ2n) is 5.93. The van der Waals surface area contributed by atoms with Crippen LogP contribution in [0.3, 0.4) is 0 Å². The molecule has 4 heteroatoms. The van der Waals surface area contributed by atoms with Gasteiger partial charge in [0.2, 0.25) is 0 Å². The molecular formula is C17H27ClN2O. The Labute approximate surface area is 133 Å². The molecule has 1 aromatic rings. The monoisotopic (exact) mass is 310 g/mol. The number of halogens is 1. The minimum atomic E-state index is 0.437. The zero-order valence-corrected chi connectivity index (χ0v) is 14.1. The molecule has 118 valence electrons. The molecule has 0 saturated carbocycles. The Bertz CT molecular complexity index is 452. The molecule has 1 fully saturated rings. The highest BCUT2D eigenvalue weighted by molar-refractivity contribution is 6.32. The van der Waals surface area contributed by atoms with Crippen LogP contribution in [0.15, 0.2) is 18.2 Å². The summed E-state index contributed by atoms with van der Waals surface area (Å²) in [4.78, 5) is 2.46. The normalized spacial score (nSPS) is 23.2. The van der Waals surface area contributed by atoms with Crippen molar-refractivity contribution < 1.29 is 4.74 Å². The summed E-state index contributed by atoms with van der Waals surface area (Å²) in [6.45, 7) is 5.53. The number of ether oxygens (including phenoxy) is 1. The molecule has 2 rings (SSSR count). The van der Waals surface area contributed by atoms with E-state index < -0.39 is 0 Å². The first-order valence-corrected chi connectivity index (χ1v) is 8.29. The van der Waals surface area contributed by atoms with Crippen molar-refractivity contribution in [3.63, 3.8) is 0 Å². The van der Waals surface area contributed by atoms with Gasteiger partial charge in [0, 0.05) is 6.04 Å². The first-order valence-electron chi connectivity index (χ1n) is 7.91. The fraction of sp³-hybridized carbons (Fsp3) is 0.647. The third-order valence-electron chi connectivity index (χ3n) is 4.36. The van der Waals surface area contributed by atoms with Gasteiger partial charge in [-0.05, 0) is 69.6 Å². The van der Waals surface area contributed by atoms with Gasteiger partial charge in [-0.3, -0.25) is 4.90 Å². The number of hydrogen-bond donors (Lipinski definition) is 1. The summed E-state index contributed by atoms with van der Waals surface area (Å²) in [7, 11) is 3.87. The lowest BCUT2D eigenvalue weighted by Crippen LogP contribution is -2.40. The van der Waals surface area contributed by atoms with Crippen molar-refractivity contribution >= 4 is 11.6 Å². The number of benzene rings is 1. The molecule has 0 radical (unpaired) electrons. The van der Waals surface area contributed by atoms with Crippen molar-refractivity contribution in [1.82, 2.24) is 10.2 Å². The van der Waals surface area contributed by atoms with Gasteiger partial charge in [0.05, 0.1) is 12.1 Å². The summed E-state index contributed by atoms with van der Waals surface area (Å²) in [6.07, 6.45) is 3.73. The van der Waals surface area contributed by atoms with Gasteiger partial charge in [-0.15, -0.1) is 0 Å². The number of nitrogens with zero attached hydrogens (tertiary/aromatic N) is 1. The first kappa shape index (κ1) is 16.6. The predicted molar refractivity (Wildman–Crippen MR) is 89.3 cm³/mol. The van der Waals surface area contributed by atoms with Gasteiger partial charge in [0.25, 0.3) is 0 Å². The van der Waals surface area contributed by atoms with E-state index in [0.29, 0.717) is 17.0 Å². The molecule has 1 heterocycles. The smallest absolute Gasteiger partial charge is 0.137 e. The maximum absolute atomic E-state index is 6.31. The highest BCUT2D eigenvalue weighted by atomic mass is 35.5. The quantitative estimate of drug-likeness (QED) is 0.810. The lowest BCUT2D eigenvalue weighted by atomic mass is 9.85. The van der Waals surface area contributed by atoms with E-state index >= 15 is 0 Å². The summed E-state index contributed by atoms with van der Waals surface area (Å²) in [5.41, 5.74) is 1.30. The van der Waals surface area contributed by atoms with Crippen LogP contribution in [-0.2, 0) is 0 Å². The van der Waals surface area contributed by atoms with E-state index in [-0.39, 0.29) is 0 Å². The van der Waals surface area contributed by atoms with E-state index in [9.17, 15) is 0 Å². The molecule has 0 aromatic heterocycles. The Kier molecular flexibility index (Phi) is 6.34. The molecule has 1 saturated heterocycles. The van der Waals surface area contributed by atoms with Gasteiger partial charge < -0.3 is 10.1 Å². The third kappa shape index (κ3) is 4.12. The molecule has 2 unspecified atom stereocenters. The number of likely N-dealkylation sites (tertiary alicyclic amines) is 1. The lowest BCUT2D eigenvalue weighted by molar-refractivity contribution is 0.119. The van der Waals surface area contributed by atoms with Gasteiger partial charge in [-0.2, -0.15) is 0 Å². The molecule has 3 nitrogen and oxygen atoms in total. The summed E-state index contributed by atoms with van der Waals surface area (Å²) in [5, 5.41) is 4.28. The van der Waals surface area contributed by atoms with E-state index in [0.717, 1.165) is 25.4 Å². The minimum Gasteiger partial charge on any atom is -0.495 e. The molecule has 0 aliphatic carbocycles. The summed E-state index contributed by atoms with van der Waals surface area (Å²) in [5.74, 6) is 1.39.